The molecule has 2 aromatic rings. The minimum absolute atomic E-state index is 0.0678. The fourth-order valence-corrected chi connectivity index (χ4v) is 4.85. The Labute approximate surface area is 285 Å². The van der Waals surface area contributed by atoms with E-state index in [0.717, 1.165) is 88.9 Å². The molecule has 0 radical (unpaired) electrons. The summed E-state index contributed by atoms with van der Waals surface area (Å²) >= 11 is 0. The first-order valence-corrected chi connectivity index (χ1v) is 17.0. The van der Waals surface area contributed by atoms with Gasteiger partial charge in [-0.15, -0.1) is 0 Å². The third kappa shape index (κ3) is 12.7. The fraction of sp³-hybridized carbons (Fsp3) is 0.474. The number of phenols is 2. The van der Waals surface area contributed by atoms with Gasteiger partial charge < -0.3 is 29.5 Å². The molecule has 0 aliphatic rings. The standard InChI is InChI=1S/C38H50N4O6/c1-5-9-17-41(18-10-6-2)33-15-13-29(35(43)25-33)23-31(27-39)37(45)47-21-22-48-38(46)32(28-40)24-30-14-16-34(26-36(30)44)42(19-11-7-3)20-12-8-4/h13-16,23-26,43-44H,5-12,17-22H2,1-4H3/b31-23+,32-24+. The van der Waals surface area contributed by atoms with Crippen molar-refractivity contribution in [2.45, 2.75) is 79.1 Å². The number of hydrogen-bond acceptors (Lipinski definition) is 10. The molecule has 2 rings (SSSR count). The Morgan fingerprint density at radius 3 is 1.25 bits per heavy atom. The van der Waals surface area contributed by atoms with Crippen LogP contribution in [-0.4, -0.2) is 61.5 Å². The summed E-state index contributed by atoms with van der Waals surface area (Å²) in [5.74, 6) is -2.03. The lowest BCUT2D eigenvalue weighted by Crippen LogP contribution is -2.25. The number of esters is 2. The summed E-state index contributed by atoms with van der Waals surface area (Å²) in [5, 5.41) is 40.4. The Hall–Kier alpha value is -4.96. The Morgan fingerprint density at radius 1 is 0.646 bits per heavy atom. The highest BCUT2D eigenvalue weighted by atomic mass is 16.6. The number of aromatic hydroxyl groups is 2. The van der Waals surface area contributed by atoms with Gasteiger partial charge in [-0.05, 0) is 62.1 Å². The van der Waals surface area contributed by atoms with Gasteiger partial charge in [0, 0.05) is 60.8 Å². The quantitative estimate of drug-likeness (QED) is 0.0598. The average molecular weight is 659 g/mol. The third-order valence-electron chi connectivity index (χ3n) is 7.71. The molecule has 0 spiro atoms. The van der Waals surface area contributed by atoms with Crippen LogP contribution < -0.4 is 9.80 Å². The summed E-state index contributed by atoms with van der Waals surface area (Å²) in [5.41, 5.74) is 1.64. The molecule has 0 atom stereocenters. The van der Waals surface area contributed by atoms with Crippen LogP contribution in [0.2, 0.25) is 0 Å². The largest absolute Gasteiger partial charge is 0.507 e. The number of rotatable bonds is 21. The van der Waals surface area contributed by atoms with E-state index < -0.39 is 11.9 Å². The third-order valence-corrected chi connectivity index (χ3v) is 7.71. The summed E-state index contributed by atoms with van der Waals surface area (Å²) in [4.78, 5) is 29.6. The maximum absolute atomic E-state index is 12.6. The maximum atomic E-state index is 12.6. The minimum atomic E-state index is -0.947. The molecule has 0 aliphatic heterocycles. The van der Waals surface area contributed by atoms with E-state index in [1.807, 2.05) is 12.1 Å². The van der Waals surface area contributed by atoms with Crippen molar-refractivity contribution in [3.63, 3.8) is 0 Å². The minimum Gasteiger partial charge on any atom is -0.507 e. The second-order valence-corrected chi connectivity index (χ2v) is 11.5. The van der Waals surface area contributed by atoms with E-state index in [9.17, 15) is 30.3 Å². The van der Waals surface area contributed by atoms with Crippen molar-refractivity contribution in [2.24, 2.45) is 0 Å². The number of benzene rings is 2. The van der Waals surface area contributed by atoms with Crippen LogP contribution in [0.5, 0.6) is 11.5 Å². The van der Waals surface area contributed by atoms with Gasteiger partial charge >= 0.3 is 11.9 Å². The van der Waals surface area contributed by atoms with E-state index in [2.05, 4.69) is 37.5 Å². The van der Waals surface area contributed by atoms with Crippen LogP contribution in [0, 0.1) is 22.7 Å². The second-order valence-electron chi connectivity index (χ2n) is 11.5. The number of carbonyl (C=O) groups is 2. The predicted molar refractivity (Wildman–Crippen MR) is 189 cm³/mol. The molecule has 0 amide bonds. The van der Waals surface area contributed by atoms with Gasteiger partial charge in [0.25, 0.3) is 0 Å². The van der Waals surface area contributed by atoms with Gasteiger partial charge in [0.15, 0.2) is 0 Å². The zero-order valence-electron chi connectivity index (χ0n) is 28.8. The van der Waals surface area contributed by atoms with Crippen molar-refractivity contribution in [1.29, 1.82) is 10.5 Å². The van der Waals surface area contributed by atoms with Crippen molar-refractivity contribution < 1.29 is 29.3 Å². The molecule has 0 aliphatic carbocycles. The number of nitrogens with zero attached hydrogens (tertiary/aromatic N) is 4. The summed E-state index contributed by atoms with van der Waals surface area (Å²) in [6.07, 6.45) is 10.8. The van der Waals surface area contributed by atoms with Gasteiger partial charge in [0.2, 0.25) is 0 Å². The molecule has 0 bridgehead atoms. The topological polar surface area (TPSA) is 147 Å². The predicted octanol–water partition coefficient (Wildman–Crippen LogP) is 7.51. The van der Waals surface area contributed by atoms with E-state index in [-0.39, 0.29) is 35.9 Å². The molecule has 0 unspecified atom stereocenters. The highest BCUT2D eigenvalue weighted by Crippen LogP contribution is 2.29. The number of phenolic OH excluding ortho intramolecular Hbond substituents is 2. The van der Waals surface area contributed by atoms with E-state index >= 15 is 0 Å². The lowest BCUT2D eigenvalue weighted by molar-refractivity contribution is -0.146. The molecule has 0 aromatic heterocycles. The molecule has 0 saturated carbocycles. The highest BCUT2D eigenvalue weighted by molar-refractivity contribution is 5.99. The summed E-state index contributed by atoms with van der Waals surface area (Å²) < 4.78 is 10.2. The number of hydrogen-bond donors (Lipinski definition) is 2. The molecular weight excluding hydrogens is 608 g/mol. The van der Waals surface area contributed by atoms with E-state index in [0.29, 0.717) is 11.1 Å². The fourth-order valence-electron chi connectivity index (χ4n) is 4.85. The first-order chi connectivity index (χ1) is 23.2. The van der Waals surface area contributed by atoms with Crippen LogP contribution in [0.4, 0.5) is 11.4 Å². The number of ether oxygens (including phenoxy) is 2. The summed E-state index contributed by atoms with van der Waals surface area (Å²) in [6.45, 7) is 11.2. The van der Waals surface area contributed by atoms with Gasteiger partial charge in [0.05, 0.1) is 0 Å². The number of nitriles is 2. The molecule has 0 heterocycles. The van der Waals surface area contributed by atoms with E-state index in [1.165, 1.54) is 12.2 Å². The van der Waals surface area contributed by atoms with Gasteiger partial charge in [-0.1, -0.05) is 53.4 Å². The lowest BCUT2D eigenvalue weighted by atomic mass is 10.1. The molecule has 10 nitrogen and oxygen atoms in total. The van der Waals surface area contributed by atoms with Gasteiger partial charge in [-0.2, -0.15) is 10.5 Å². The molecule has 0 fully saturated rings. The van der Waals surface area contributed by atoms with E-state index in [4.69, 9.17) is 9.47 Å². The summed E-state index contributed by atoms with van der Waals surface area (Å²) in [7, 11) is 0. The monoisotopic (exact) mass is 658 g/mol. The second kappa shape index (κ2) is 21.8. The Morgan fingerprint density at radius 2 is 0.979 bits per heavy atom. The first-order valence-electron chi connectivity index (χ1n) is 17.0. The Balaban J connectivity index is 2.01. The molecule has 2 aromatic carbocycles. The zero-order chi connectivity index (χ0) is 35.3. The van der Waals surface area contributed by atoms with Crippen LogP contribution in [-0.2, 0) is 19.1 Å². The van der Waals surface area contributed by atoms with Crippen molar-refractivity contribution >= 4 is 35.5 Å². The molecule has 0 saturated heterocycles. The SMILES string of the molecule is CCCCN(CCCC)c1ccc(/C=C(\C#N)C(=O)OCCOC(=O)/C(C#N)=C/c2ccc(N(CCCC)CCCC)cc2O)c(O)c1. The smallest absolute Gasteiger partial charge is 0.349 e. The maximum Gasteiger partial charge on any atom is 0.349 e. The van der Waals surface area contributed by atoms with Crippen LogP contribution in [0.25, 0.3) is 12.2 Å². The lowest BCUT2D eigenvalue weighted by Gasteiger charge is -2.25. The number of unbranched alkanes of at least 4 members (excludes halogenated alkanes) is 4. The Bertz CT molecular complexity index is 1360. The van der Waals surface area contributed by atoms with Crippen molar-refractivity contribution in [1.82, 2.24) is 0 Å². The van der Waals surface area contributed by atoms with Crippen LogP contribution in [0.3, 0.4) is 0 Å². The van der Waals surface area contributed by atoms with Gasteiger partial charge in [0.1, 0.15) is 48.0 Å². The molecule has 2 N–H and O–H groups in total. The normalized spacial score (nSPS) is 11.4. The van der Waals surface area contributed by atoms with Crippen LogP contribution >= 0.6 is 0 Å². The number of carbonyl (C=O) groups excluding carboxylic acids is 2. The number of anilines is 2. The highest BCUT2D eigenvalue weighted by Gasteiger charge is 2.16. The molecule has 258 valence electrons. The van der Waals surface area contributed by atoms with Crippen LogP contribution in [0.15, 0.2) is 47.5 Å². The molecule has 48 heavy (non-hydrogen) atoms. The van der Waals surface area contributed by atoms with Crippen molar-refractivity contribution in [3.8, 4) is 23.6 Å². The van der Waals surface area contributed by atoms with Gasteiger partial charge in [-0.3, -0.25) is 0 Å². The van der Waals surface area contributed by atoms with Gasteiger partial charge in [-0.25, -0.2) is 9.59 Å². The average Bonchev–Trinajstić information content (AvgIpc) is 3.09. The van der Waals surface area contributed by atoms with Crippen molar-refractivity contribution in [3.05, 3.63) is 58.7 Å². The van der Waals surface area contributed by atoms with Crippen LogP contribution in [0.1, 0.15) is 90.2 Å². The molecule has 10 heteroatoms. The Kier molecular flexibility index (Phi) is 17.8. The van der Waals surface area contributed by atoms with Crippen molar-refractivity contribution in [2.75, 3.05) is 49.2 Å². The molecular formula is C38H50N4O6. The summed E-state index contributed by atoms with van der Waals surface area (Å²) in [6, 6.07) is 13.8. The van der Waals surface area contributed by atoms with E-state index in [1.54, 1.807) is 36.4 Å². The first kappa shape index (κ1) is 39.2. The zero-order valence-corrected chi connectivity index (χ0v) is 28.8.